The molecule has 28 heavy (non-hydrogen) atoms. The first-order valence-corrected chi connectivity index (χ1v) is 8.89. The fourth-order valence-electron chi connectivity index (χ4n) is 3.40. The quantitative estimate of drug-likeness (QED) is 0.801. The molecule has 0 bridgehead atoms. The van der Waals surface area contributed by atoms with E-state index in [1.165, 1.54) is 38.0 Å². The maximum Gasteiger partial charge on any atom is 0.339 e. The molecular weight excluding hydrogens is 360 g/mol. The summed E-state index contributed by atoms with van der Waals surface area (Å²) in [5, 5.41) is 2.73. The molecule has 0 radical (unpaired) electrons. The molecule has 0 aromatic heterocycles. The van der Waals surface area contributed by atoms with Gasteiger partial charge in [0.05, 0.1) is 37.6 Å². The van der Waals surface area contributed by atoms with Gasteiger partial charge in [-0.15, -0.1) is 0 Å². The van der Waals surface area contributed by atoms with Gasteiger partial charge in [-0.05, 0) is 43.2 Å². The van der Waals surface area contributed by atoms with Crippen LogP contribution < -0.4 is 10.2 Å². The molecular formula is C21H22N2O5. The molecule has 0 saturated heterocycles. The maximum atomic E-state index is 12.7. The molecule has 3 rings (SSSR count). The maximum absolute atomic E-state index is 12.7. The zero-order valence-corrected chi connectivity index (χ0v) is 16.0. The minimum atomic E-state index is -0.605. The minimum Gasteiger partial charge on any atom is -0.465 e. The van der Waals surface area contributed by atoms with Crippen molar-refractivity contribution >= 4 is 29.2 Å². The van der Waals surface area contributed by atoms with Crippen LogP contribution in [-0.2, 0) is 20.7 Å². The van der Waals surface area contributed by atoms with Gasteiger partial charge in [0.15, 0.2) is 0 Å². The van der Waals surface area contributed by atoms with Crippen LogP contribution in [0.3, 0.4) is 0 Å². The average Bonchev–Trinajstić information content (AvgIpc) is 3.01. The number of amides is 1. The number of methoxy groups -OCH3 is 2. The predicted molar refractivity (Wildman–Crippen MR) is 105 cm³/mol. The van der Waals surface area contributed by atoms with Crippen LogP contribution in [0.4, 0.5) is 11.4 Å². The topological polar surface area (TPSA) is 84.9 Å². The number of ether oxygens (including phenoxy) is 2. The van der Waals surface area contributed by atoms with Crippen molar-refractivity contribution in [2.24, 2.45) is 0 Å². The van der Waals surface area contributed by atoms with Crippen LogP contribution in [0, 0.1) is 0 Å². The number of para-hydroxylation sites is 1. The van der Waals surface area contributed by atoms with E-state index in [4.69, 9.17) is 9.47 Å². The summed E-state index contributed by atoms with van der Waals surface area (Å²) in [6, 6.07) is 12.4. The highest BCUT2D eigenvalue weighted by atomic mass is 16.5. The van der Waals surface area contributed by atoms with Crippen molar-refractivity contribution in [1.82, 2.24) is 0 Å². The molecule has 1 atom stereocenters. The Labute approximate surface area is 163 Å². The van der Waals surface area contributed by atoms with Crippen LogP contribution in [0.25, 0.3) is 0 Å². The van der Waals surface area contributed by atoms with Crippen molar-refractivity contribution in [2.45, 2.75) is 19.4 Å². The molecule has 7 heteroatoms. The Hall–Kier alpha value is -3.35. The van der Waals surface area contributed by atoms with Gasteiger partial charge in [0, 0.05) is 11.7 Å². The average molecular weight is 382 g/mol. The van der Waals surface area contributed by atoms with Crippen molar-refractivity contribution in [3.05, 3.63) is 59.2 Å². The minimum absolute atomic E-state index is 0.126. The Morgan fingerprint density at radius 2 is 1.79 bits per heavy atom. The smallest absolute Gasteiger partial charge is 0.339 e. The van der Waals surface area contributed by atoms with Gasteiger partial charge in [0.2, 0.25) is 5.91 Å². The lowest BCUT2D eigenvalue weighted by Gasteiger charge is -2.24. The van der Waals surface area contributed by atoms with E-state index in [1.54, 1.807) is 0 Å². The molecule has 1 aliphatic heterocycles. The van der Waals surface area contributed by atoms with Crippen LogP contribution >= 0.6 is 0 Å². The van der Waals surface area contributed by atoms with Crippen LogP contribution in [0.1, 0.15) is 33.2 Å². The Kier molecular flexibility index (Phi) is 5.63. The van der Waals surface area contributed by atoms with Crippen molar-refractivity contribution in [1.29, 1.82) is 0 Å². The molecule has 2 aromatic carbocycles. The number of esters is 2. The number of nitrogens with one attached hydrogen (secondary N) is 1. The molecule has 0 saturated carbocycles. The number of benzene rings is 2. The number of anilines is 2. The van der Waals surface area contributed by atoms with E-state index in [0.717, 1.165) is 12.1 Å². The van der Waals surface area contributed by atoms with Gasteiger partial charge in [0.25, 0.3) is 0 Å². The molecule has 0 aliphatic carbocycles. The van der Waals surface area contributed by atoms with E-state index in [0.29, 0.717) is 0 Å². The Bertz CT molecular complexity index is 925. The van der Waals surface area contributed by atoms with E-state index < -0.39 is 11.9 Å². The monoisotopic (exact) mass is 382 g/mol. The summed E-state index contributed by atoms with van der Waals surface area (Å²) in [4.78, 5) is 38.6. The summed E-state index contributed by atoms with van der Waals surface area (Å²) in [6.45, 7) is 2.19. The summed E-state index contributed by atoms with van der Waals surface area (Å²) in [6.07, 6.45) is 0.870. The van der Waals surface area contributed by atoms with Crippen LogP contribution in [-0.4, -0.2) is 44.7 Å². The van der Waals surface area contributed by atoms with Crippen molar-refractivity contribution in [3.8, 4) is 0 Å². The molecule has 1 amide bonds. The highest BCUT2D eigenvalue weighted by Gasteiger charge is 2.27. The van der Waals surface area contributed by atoms with E-state index in [2.05, 4.69) is 18.3 Å². The van der Waals surface area contributed by atoms with Crippen LogP contribution in [0.5, 0.6) is 0 Å². The van der Waals surface area contributed by atoms with Gasteiger partial charge in [0.1, 0.15) is 0 Å². The fourth-order valence-corrected chi connectivity index (χ4v) is 3.40. The van der Waals surface area contributed by atoms with E-state index >= 15 is 0 Å². The van der Waals surface area contributed by atoms with E-state index in [9.17, 15) is 14.4 Å². The second-order valence-electron chi connectivity index (χ2n) is 6.60. The molecule has 0 fully saturated rings. The number of rotatable bonds is 5. The Morgan fingerprint density at radius 1 is 1.07 bits per heavy atom. The number of hydrogen-bond acceptors (Lipinski definition) is 6. The fraction of sp³-hybridized carbons (Fsp3) is 0.286. The summed E-state index contributed by atoms with van der Waals surface area (Å²) in [7, 11) is 2.52. The molecule has 2 aromatic rings. The summed E-state index contributed by atoms with van der Waals surface area (Å²) in [5.41, 5.74) is 2.83. The first kappa shape index (κ1) is 19.4. The molecule has 7 nitrogen and oxygen atoms in total. The molecule has 0 spiro atoms. The Morgan fingerprint density at radius 3 is 2.50 bits per heavy atom. The molecule has 1 aliphatic rings. The second kappa shape index (κ2) is 8.12. The van der Waals surface area contributed by atoms with Crippen LogP contribution in [0.2, 0.25) is 0 Å². The van der Waals surface area contributed by atoms with Crippen molar-refractivity contribution in [3.63, 3.8) is 0 Å². The number of carbonyl (C=O) groups excluding carboxylic acids is 3. The highest BCUT2D eigenvalue weighted by Crippen LogP contribution is 2.31. The largest absolute Gasteiger partial charge is 0.465 e. The van der Waals surface area contributed by atoms with Crippen LogP contribution in [0.15, 0.2) is 42.5 Å². The number of fused-ring (bicyclic) bond motifs is 1. The lowest BCUT2D eigenvalue weighted by molar-refractivity contribution is -0.115. The summed E-state index contributed by atoms with van der Waals surface area (Å²) >= 11 is 0. The molecule has 0 unspecified atom stereocenters. The highest BCUT2D eigenvalue weighted by molar-refractivity contribution is 6.04. The predicted octanol–water partition coefficient (Wildman–Crippen LogP) is 2.65. The van der Waals surface area contributed by atoms with Gasteiger partial charge >= 0.3 is 11.9 Å². The zero-order chi connectivity index (χ0) is 20.3. The van der Waals surface area contributed by atoms with Gasteiger partial charge < -0.3 is 19.7 Å². The lowest BCUT2D eigenvalue weighted by Crippen LogP contribution is -2.37. The third-order valence-electron chi connectivity index (χ3n) is 4.78. The number of hydrogen-bond donors (Lipinski definition) is 1. The third-order valence-corrected chi connectivity index (χ3v) is 4.78. The zero-order valence-electron chi connectivity index (χ0n) is 16.0. The second-order valence-corrected chi connectivity index (χ2v) is 6.60. The number of carbonyl (C=O) groups is 3. The standard InChI is InChI=1S/C21H22N2O5/c1-13-10-14-6-4-5-7-18(14)23(13)12-19(24)22-17-11-15(20(25)27-2)8-9-16(17)21(26)28-3/h4-9,11,13H,10,12H2,1-3H3,(H,22,24)/t13-/m1/s1. The lowest BCUT2D eigenvalue weighted by atomic mass is 10.1. The van der Waals surface area contributed by atoms with Gasteiger partial charge in [-0.25, -0.2) is 9.59 Å². The SMILES string of the molecule is COC(=O)c1ccc(C(=O)OC)c(NC(=O)CN2c3ccccc3C[C@H]2C)c1. The van der Waals surface area contributed by atoms with Crippen molar-refractivity contribution in [2.75, 3.05) is 31.0 Å². The van der Waals surface area contributed by atoms with Gasteiger partial charge in [-0.3, -0.25) is 4.79 Å². The first-order chi connectivity index (χ1) is 13.4. The molecule has 1 N–H and O–H groups in total. The normalized spacial score (nSPS) is 15.0. The van der Waals surface area contributed by atoms with E-state index in [1.807, 2.05) is 23.1 Å². The van der Waals surface area contributed by atoms with Gasteiger partial charge in [-0.1, -0.05) is 18.2 Å². The Balaban J connectivity index is 1.83. The first-order valence-electron chi connectivity index (χ1n) is 8.89. The summed E-state index contributed by atoms with van der Waals surface area (Å²) < 4.78 is 9.47. The summed E-state index contributed by atoms with van der Waals surface area (Å²) in [5.74, 6) is -1.46. The molecule has 1 heterocycles. The third kappa shape index (κ3) is 3.83. The number of nitrogens with zero attached hydrogens (tertiary/aromatic N) is 1. The molecule has 146 valence electrons. The van der Waals surface area contributed by atoms with Gasteiger partial charge in [-0.2, -0.15) is 0 Å². The van der Waals surface area contributed by atoms with E-state index in [-0.39, 0.29) is 35.3 Å². The van der Waals surface area contributed by atoms with Crippen molar-refractivity contribution < 1.29 is 23.9 Å².